The minimum atomic E-state index is -1.46. The van der Waals surface area contributed by atoms with Crippen LogP contribution in [-0.2, 0) is 38.3 Å². The standard InChI is InChI=1S/C31H58N8O9/c1-16(2)14-20(33)27(43)35-18(5)26(42)36-21(10-8-9-13-32)28(44)38-23(15-17(3)4)30(46)37-22(11-12-24(34)41)29(45)39-25(19(6)40)31(47)48-7/h16-23,25,40H,8-15,32-33H2,1-7H3,(H2,34,41)(H,35,43)(H,36,42)(H,37,46)(H,38,44)(H,39,45)/t18-,19+,20-,21-,22-,23-,25-/m0/s1. The van der Waals surface area contributed by atoms with E-state index in [0.29, 0.717) is 25.8 Å². The predicted octanol–water partition coefficient (Wildman–Crippen LogP) is -2.20. The molecule has 0 saturated carbocycles. The van der Waals surface area contributed by atoms with E-state index >= 15 is 0 Å². The van der Waals surface area contributed by atoms with Gasteiger partial charge in [-0.25, -0.2) is 4.79 Å². The third kappa shape index (κ3) is 17.4. The zero-order valence-electron chi connectivity index (χ0n) is 29.3. The number of carbonyl (C=O) groups excluding carboxylic acids is 7. The van der Waals surface area contributed by atoms with Crippen molar-refractivity contribution in [2.75, 3.05) is 13.7 Å². The molecular weight excluding hydrogens is 628 g/mol. The second-order valence-electron chi connectivity index (χ2n) is 12.8. The van der Waals surface area contributed by atoms with Gasteiger partial charge < -0.3 is 53.6 Å². The molecule has 0 spiro atoms. The molecule has 0 aromatic rings. The summed E-state index contributed by atoms with van der Waals surface area (Å²) in [7, 11) is 1.07. The highest BCUT2D eigenvalue weighted by Crippen LogP contribution is 2.10. The van der Waals surface area contributed by atoms with Crippen LogP contribution in [0.5, 0.6) is 0 Å². The molecule has 0 fully saturated rings. The Hall–Kier alpha value is -3.83. The lowest BCUT2D eigenvalue weighted by Crippen LogP contribution is -2.59. The number of amides is 6. The number of aliphatic hydroxyl groups is 1. The molecule has 17 heteroatoms. The number of esters is 1. The molecule has 6 amide bonds. The number of unbranched alkanes of at least 4 members (excludes halogenated alkanes) is 1. The van der Waals surface area contributed by atoms with Crippen molar-refractivity contribution >= 4 is 41.4 Å². The van der Waals surface area contributed by atoms with E-state index in [1.165, 1.54) is 13.8 Å². The van der Waals surface area contributed by atoms with Crippen LogP contribution in [0.25, 0.3) is 0 Å². The molecule has 0 aliphatic heterocycles. The average Bonchev–Trinajstić information content (AvgIpc) is 2.99. The van der Waals surface area contributed by atoms with Crippen LogP contribution in [0.3, 0.4) is 0 Å². The minimum absolute atomic E-state index is 0.117. The van der Waals surface area contributed by atoms with Gasteiger partial charge in [0, 0.05) is 6.42 Å². The van der Waals surface area contributed by atoms with E-state index in [-0.39, 0.29) is 37.5 Å². The van der Waals surface area contributed by atoms with Gasteiger partial charge in [0.2, 0.25) is 35.4 Å². The molecule has 0 bridgehead atoms. The van der Waals surface area contributed by atoms with Crippen molar-refractivity contribution in [1.82, 2.24) is 26.6 Å². The number of rotatable bonds is 23. The summed E-state index contributed by atoms with van der Waals surface area (Å²) < 4.78 is 4.62. The van der Waals surface area contributed by atoms with Crippen LogP contribution in [0, 0.1) is 11.8 Å². The Morgan fingerprint density at radius 3 is 1.67 bits per heavy atom. The Bertz CT molecular complexity index is 1090. The van der Waals surface area contributed by atoms with Crippen molar-refractivity contribution in [2.45, 2.75) is 129 Å². The fraction of sp³-hybridized carbons (Fsp3) is 0.774. The molecule has 0 aromatic carbocycles. The maximum atomic E-state index is 13.5. The quantitative estimate of drug-likeness (QED) is 0.0410. The van der Waals surface area contributed by atoms with Gasteiger partial charge in [-0.3, -0.25) is 28.8 Å². The van der Waals surface area contributed by atoms with Gasteiger partial charge >= 0.3 is 5.97 Å². The summed E-state index contributed by atoms with van der Waals surface area (Å²) in [5.41, 5.74) is 16.8. The van der Waals surface area contributed by atoms with Gasteiger partial charge in [-0.05, 0) is 70.8 Å². The third-order valence-electron chi connectivity index (χ3n) is 7.28. The highest BCUT2D eigenvalue weighted by atomic mass is 16.5. The molecule has 17 nitrogen and oxygen atoms in total. The lowest BCUT2D eigenvalue weighted by atomic mass is 10.0. The van der Waals surface area contributed by atoms with Crippen LogP contribution in [-0.4, -0.2) is 103 Å². The fourth-order valence-electron chi connectivity index (χ4n) is 4.62. The topological polar surface area (TPSA) is 287 Å². The number of carbonyl (C=O) groups is 7. The number of ether oxygens (including phenoxy) is 1. The Kier molecular flexibility index (Phi) is 20.9. The van der Waals surface area contributed by atoms with Gasteiger partial charge in [-0.15, -0.1) is 0 Å². The summed E-state index contributed by atoms with van der Waals surface area (Å²) in [5, 5.41) is 22.6. The number of hydrogen-bond donors (Lipinski definition) is 9. The zero-order valence-corrected chi connectivity index (χ0v) is 29.3. The van der Waals surface area contributed by atoms with Crippen molar-refractivity contribution in [1.29, 1.82) is 0 Å². The van der Waals surface area contributed by atoms with Crippen molar-refractivity contribution in [3.63, 3.8) is 0 Å². The number of nitrogens with one attached hydrogen (secondary N) is 5. The highest BCUT2D eigenvalue weighted by molar-refractivity contribution is 5.96. The Morgan fingerprint density at radius 1 is 0.667 bits per heavy atom. The van der Waals surface area contributed by atoms with Crippen molar-refractivity contribution in [2.24, 2.45) is 29.0 Å². The summed E-state index contributed by atoms with van der Waals surface area (Å²) in [5.74, 6) is -5.15. The smallest absolute Gasteiger partial charge is 0.331 e. The monoisotopic (exact) mass is 686 g/mol. The van der Waals surface area contributed by atoms with E-state index in [1.807, 2.05) is 27.7 Å². The predicted molar refractivity (Wildman–Crippen MR) is 177 cm³/mol. The van der Waals surface area contributed by atoms with E-state index in [4.69, 9.17) is 17.2 Å². The molecule has 0 aliphatic carbocycles. The summed E-state index contributed by atoms with van der Waals surface area (Å²) >= 11 is 0. The lowest BCUT2D eigenvalue weighted by molar-refractivity contribution is -0.148. The molecular formula is C31H58N8O9. The van der Waals surface area contributed by atoms with Crippen molar-refractivity contribution in [3.8, 4) is 0 Å². The van der Waals surface area contributed by atoms with E-state index in [2.05, 4.69) is 31.3 Å². The van der Waals surface area contributed by atoms with Crippen molar-refractivity contribution in [3.05, 3.63) is 0 Å². The van der Waals surface area contributed by atoms with Crippen LogP contribution >= 0.6 is 0 Å². The van der Waals surface area contributed by atoms with Crippen LogP contribution in [0.2, 0.25) is 0 Å². The summed E-state index contributed by atoms with van der Waals surface area (Å²) in [4.78, 5) is 89.3. The molecule has 0 unspecified atom stereocenters. The molecule has 48 heavy (non-hydrogen) atoms. The molecule has 12 N–H and O–H groups in total. The Morgan fingerprint density at radius 2 is 1.17 bits per heavy atom. The molecule has 0 saturated heterocycles. The number of primary amides is 1. The van der Waals surface area contributed by atoms with Crippen LogP contribution in [0.4, 0.5) is 0 Å². The number of nitrogens with two attached hydrogens (primary N) is 3. The maximum absolute atomic E-state index is 13.5. The van der Waals surface area contributed by atoms with Gasteiger partial charge in [0.25, 0.3) is 0 Å². The summed E-state index contributed by atoms with van der Waals surface area (Å²) in [6.45, 7) is 10.5. The Labute approximate surface area is 282 Å². The minimum Gasteiger partial charge on any atom is -0.467 e. The van der Waals surface area contributed by atoms with E-state index in [1.54, 1.807) is 0 Å². The summed E-state index contributed by atoms with van der Waals surface area (Å²) in [6, 6.07) is -6.96. The zero-order chi connectivity index (χ0) is 37.1. The number of hydrogen-bond acceptors (Lipinski definition) is 11. The second kappa shape index (κ2) is 22.7. The number of aliphatic hydroxyl groups excluding tert-OH is 1. The molecule has 0 aliphatic rings. The Balaban J connectivity index is 6.01. The van der Waals surface area contributed by atoms with Gasteiger partial charge in [0.05, 0.1) is 19.3 Å². The van der Waals surface area contributed by atoms with Gasteiger partial charge in [0.1, 0.15) is 24.2 Å². The maximum Gasteiger partial charge on any atom is 0.331 e. The molecule has 0 heterocycles. The van der Waals surface area contributed by atoms with Gasteiger partial charge in [0.15, 0.2) is 6.04 Å². The normalized spacial score (nSPS) is 15.6. The molecule has 0 radical (unpaired) electrons. The largest absolute Gasteiger partial charge is 0.467 e. The molecule has 276 valence electrons. The highest BCUT2D eigenvalue weighted by Gasteiger charge is 2.34. The lowest BCUT2D eigenvalue weighted by Gasteiger charge is -2.28. The fourth-order valence-corrected chi connectivity index (χ4v) is 4.62. The number of methoxy groups -OCH3 is 1. The molecule has 0 rings (SSSR count). The average molecular weight is 687 g/mol. The van der Waals surface area contributed by atoms with Crippen LogP contribution < -0.4 is 43.8 Å². The first-order valence-corrected chi connectivity index (χ1v) is 16.4. The van der Waals surface area contributed by atoms with Gasteiger partial charge in [-0.2, -0.15) is 0 Å². The first kappa shape index (κ1) is 44.2. The van der Waals surface area contributed by atoms with Crippen molar-refractivity contribution < 1.29 is 43.4 Å². The third-order valence-corrected chi connectivity index (χ3v) is 7.28. The van der Waals surface area contributed by atoms with Gasteiger partial charge in [-0.1, -0.05) is 27.7 Å². The molecule has 0 aromatic heterocycles. The summed E-state index contributed by atoms with van der Waals surface area (Å²) in [6.07, 6.45) is -0.145. The van der Waals surface area contributed by atoms with E-state index in [9.17, 15) is 38.7 Å². The first-order valence-electron chi connectivity index (χ1n) is 16.4. The second-order valence-corrected chi connectivity index (χ2v) is 12.8. The molecule has 7 atom stereocenters. The van der Waals surface area contributed by atoms with Crippen LogP contribution in [0.1, 0.15) is 86.5 Å². The van der Waals surface area contributed by atoms with Crippen LogP contribution in [0.15, 0.2) is 0 Å². The van der Waals surface area contributed by atoms with E-state index in [0.717, 1.165) is 7.11 Å². The van der Waals surface area contributed by atoms with E-state index < -0.39 is 83.8 Å². The SMILES string of the molecule is COC(=O)[C@@H](NC(=O)[C@H](CCC(N)=O)NC(=O)[C@H](CC(C)C)NC(=O)[C@H](CCCCN)NC(=O)[C@H](C)NC(=O)[C@@H](N)CC(C)C)[C@@H](C)O. The first-order chi connectivity index (χ1) is 22.3.